The first-order valence-corrected chi connectivity index (χ1v) is 5.31. The predicted molar refractivity (Wildman–Crippen MR) is 56.8 cm³/mol. The number of hydrogen-bond donors (Lipinski definition) is 1. The zero-order chi connectivity index (χ0) is 10.3. The van der Waals surface area contributed by atoms with E-state index in [9.17, 15) is 0 Å². The number of halogens is 1. The highest BCUT2D eigenvalue weighted by Crippen LogP contribution is 2.35. The quantitative estimate of drug-likeness (QED) is 0.596. The minimum Gasteiger partial charge on any atom is -0.364 e. The topological polar surface area (TPSA) is 37.9 Å². The lowest BCUT2D eigenvalue weighted by atomic mass is 10.0. The number of ether oxygens (including phenoxy) is 1. The second kappa shape index (κ2) is 3.29. The molecule has 0 aliphatic carbocycles. The average Bonchev–Trinajstić information content (AvgIpc) is 2.42. The molecule has 5 heteroatoms. The first-order chi connectivity index (χ1) is 6.54. The molecular weight excluding hydrogens is 220 g/mol. The number of nitrogens with one attached hydrogen (secondary N) is 1. The molecule has 1 aromatic rings. The largest absolute Gasteiger partial charge is 0.364 e. The molecule has 76 valence electrons. The lowest BCUT2D eigenvalue weighted by Crippen LogP contribution is -2.16. The van der Waals surface area contributed by atoms with Crippen LogP contribution in [0.25, 0.3) is 0 Å². The molecule has 1 aromatic heterocycles. The van der Waals surface area contributed by atoms with Crippen LogP contribution in [-0.4, -0.2) is 9.97 Å². The number of alkyl halides is 1. The summed E-state index contributed by atoms with van der Waals surface area (Å²) in [5, 5.41) is 0. The second-order valence-corrected chi connectivity index (χ2v) is 4.43. The van der Waals surface area contributed by atoms with Crippen LogP contribution in [0.3, 0.4) is 0 Å². The number of aromatic amines is 1. The summed E-state index contributed by atoms with van der Waals surface area (Å²) >= 11 is 10.9. The fourth-order valence-electron chi connectivity index (χ4n) is 1.69. The van der Waals surface area contributed by atoms with E-state index in [0.717, 1.165) is 11.3 Å². The summed E-state index contributed by atoms with van der Waals surface area (Å²) in [6.45, 7) is 4.54. The number of fused-ring (bicyclic) bond motifs is 1. The Bertz CT molecular complexity index is 427. The average molecular weight is 231 g/mol. The van der Waals surface area contributed by atoms with Crippen molar-refractivity contribution < 1.29 is 4.74 Å². The summed E-state index contributed by atoms with van der Waals surface area (Å²) < 4.78 is 6.20. The third-order valence-corrected chi connectivity index (χ3v) is 2.90. The van der Waals surface area contributed by atoms with Crippen molar-refractivity contribution in [2.24, 2.45) is 0 Å². The van der Waals surface area contributed by atoms with Crippen molar-refractivity contribution in [3.05, 3.63) is 21.7 Å². The van der Waals surface area contributed by atoms with Crippen molar-refractivity contribution in [3.8, 4) is 0 Å². The highest BCUT2D eigenvalue weighted by molar-refractivity contribution is 7.71. The third-order valence-electron chi connectivity index (χ3n) is 2.35. The number of H-pyrrole nitrogens is 1. The standard InChI is InChI=1S/C9H11ClN2OS/c1-9(2)7-5(4-13-9)11-6(3-10)12-8(7)14/h3-4H2,1-2H3,(H,11,12,14). The molecule has 0 saturated carbocycles. The van der Waals surface area contributed by atoms with Gasteiger partial charge in [0, 0.05) is 5.56 Å². The van der Waals surface area contributed by atoms with Crippen LogP contribution in [-0.2, 0) is 22.8 Å². The molecule has 2 rings (SSSR count). The Hall–Kier alpha value is -0.450. The molecule has 0 amide bonds. The van der Waals surface area contributed by atoms with Gasteiger partial charge in [-0.1, -0.05) is 12.2 Å². The molecule has 2 heterocycles. The SMILES string of the molecule is CC1(C)OCc2[nH]c(CCl)nc(=S)c21. The van der Waals surface area contributed by atoms with Crippen LogP contribution in [0.1, 0.15) is 30.9 Å². The molecule has 0 fully saturated rings. The van der Waals surface area contributed by atoms with Crippen LogP contribution >= 0.6 is 23.8 Å². The fourth-order valence-corrected chi connectivity index (χ4v) is 2.30. The van der Waals surface area contributed by atoms with E-state index in [-0.39, 0.29) is 5.60 Å². The maximum absolute atomic E-state index is 5.69. The zero-order valence-electron chi connectivity index (χ0n) is 8.06. The number of nitrogens with zero attached hydrogens (tertiary/aromatic N) is 1. The minimum absolute atomic E-state index is 0.333. The van der Waals surface area contributed by atoms with Gasteiger partial charge < -0.3 is 9.72 Å². The Morgan fingerprint density at radius 1 is 1.64 bits per heavy atom. The van der Waals surface area contributed by atoms with Crippen molar-refractivity contribution in [3.63, 3.8) is 0 Å². The van der Waals surface area contributed by atoms with Gasteiger partial charge in [-0.2, -0.15) is 0 Å². The van der Waals surface area contributed by atoms with E-state index in [1.54, 1.807) is 0 Å². The summed E-state index contributed by atoms with van der Waals surface area (Å²) in [5.41, 5.74) is 1.66. The lowest BCUT2D eigenvalue weighted by Gasteiger charge is -2.17. The van der Waals surface area contributed by atoms with Gasteiger partial charge in [-0.15, -0.1) is 11.6 Å². The summed E-state index contributed by atoms with van der Waals surface area (Å²) in [4.78, 5) is 7.34. The van der Waals surface area contributed by atoms with E-state index >= 15 is 0 Å². The monoisotopic (exact) mass is 230 g/mol. The molecule has 0 saturated heterocycles. The van der Waals surface area contributed by atoms with Crippen LogP contribution in [0.5, 0.6) is 0 Å². The molecule has 0 unspecified atom stereocenters. The summed E-state index contributed by atoms with van der Waals surface area (Å²) in [6.07, 6.45) is 0. The molecule has 0 aromatic carbocycles. The van der Waals surface area contributed by atoms with Crippen molar-refractivity contribution in [2.45, 2.75) is 31.9 Å². The van der Waals surface area contributed by atoms with E-state index in [0.29, 0.717) is 23.0 Å². The van der Waals surface area contributed by atoms with Crippen molar-refractivity contribution >= 4 is 23.8 Å². The zero-order valence-corrected chi connectivity index (χ0v) is 9.63. The summed E-state index contributed by atoms with van der Waals surface area (Å²) in [7, 11) is 0. The molecule has 14 heavy (non-hydrogen) atoms. The molecule has 0 spiro atoms. The van der Waals surface area contributed by atoms with Gasteiger partial charge in [0.05, 0.1) is 23.8 Å². The van der Waals surface area contributed by atoms with Gasteiger partial charge >= 0.3 is 0 Å². The predicted octanol–water partition coefficient (Wildman–Crippen LogP) is 2.64. The molecule has 1 aliphatic heterocycles. The first-order valence-electron chi connectivity index (χ1n) is 4.37. The van der Waals surface area contributed by atoms with Gasteiger partial charge in [0.1, 0.15) is 10.5 Å². The number of aromatic nitrogens is 2. The van der Waals surface area contributed by atoms with Crippen LogP contribution in [0.2, 0.25) is 0 Å². The lowest BCUT2D eigenvalue weighted by molar-refractivity contribution is -0.00872. The van der Waals surface area contributed by atoms with E-state index in [2.05, 4.69) is 9.97 Å². The normalized spacial score (nSPS) is 18.2. The van der Waals surface area contributed by atoms with E-state index in [4.69, 9.17) is 28.6 Å². The Balaban J connectivity index is 2.64. The molecule has 0 bridgehead atoms. The van der Waals surface area contributed by atoms with Gasteiger partial charge in [-0.25, -0.2) is 4.98 Å². The minimum atomic E-state index is -0.333. The Kier molecular flexibility index (Phi) is 2.37. The van der Waals surface area contributed by atoms with E-state index < -0.39 is 0 Å². The van der Waals surface area contributed by atoms with Crippen LogP contribution in [0.4, 0.5) is 0 Å². The molecule has 3 nitrogen and oxygen atoms in total. The van der Waals surface area contributed by atoms with Crippen molar-refractivity contribution in [2.75, 3.05) is 0 Å². The van der Waals surface area contributed by atoms with Crippen molar-refractivity contribution in [1.82, 2.24) is 9.97 Å². The van der Waals surface area contributed by atoms with Crippen LogP contribution in [0.15, 0.2) is 0 Å². The van der Waals surface area contributed by atoms with Gasteiger partial charge in [0.25, 0.3) is 0 Å². The fraction of sp³-hybridized carbons (Fsp3) is 0.556. The Labute approximate surface area is 92.5 Å². The first kappa shape index (κ1) is 10.1. The maximum atomic E-state index is 5.69. The highest BCUT2D eigenvalue weighted by Gasteiger charge is 2.33. The highest BCUT2D eigenvalue weighted by atomic mass is 35.5. The molecule has 0 atom stereocenters. The number of rotatable bonds is 1. The Morgan fingerprint density at radius 3 is 3.00 bits per heavy atom. The van der Waals surface area contributed by atoms with Crippen LogP contribution < -0.4 is 0 Å². The van der Waals surface area contributed by atoms with Gasteiger partial charge in [0.15, 0.2) is 0 Å². The van der Waals surface area contributed by atoms with Crippen LogP contribution in [0, 0.1) is 4.64 Å². The van der Waals surface area contributed by atoms with Gasteiger partial charge in [0.2, 0.25) is 0 Å². The Morgan fingerprint density at radius 2 is 2.36 bits per heavy atom. The summed E-state index contributed by atoms with van der Waals surface area (Å²) in [6, 6.07) is 0. The maximum Gasteiger partial charge on any atom is 0.136 e. The van der Waals surface area contributed by atoms with Gasteiger partial charge in [-0.05, 0) is 13.8 Å². The number of hydrogen-bond acceptors (Lipinski definition) is 3. The third kappa shape index (κ3) is 1.47. The second-order valence-electron chi connectivity index (χ2n) is 3.77. The summed E-state index contributed by atoms with van der Waals surface area (Å²) in [5.74, 6) is 1.05. The molecule has 1 aliphatic rings. The van der Waals surface area contributed by atoms with Crippen molar-refractivity contribution in [1.29, 1.82) is 0 Å². The molecule has 1 N–H and O–H groups in total. The van der Waals surface area contributed by atoms with E-state index in [1.807, 2.05) is 13.8 Å². The van der Waals surface area contributed by atoms with Gasteiger partial charge in [-0.3, -0.25) is 0 Å². The van der Waals surface area contributed by atoms with E-state index in [1.165, 1.54) is 0 Å². The molecular formula is C9H11ClN2OS. The smallest absolute Gasteiger partial charge is 0.136 e. The molecule has 0 radical (unpaired) electrons.